The van der Waals surface area contributed by atoms with Crippen LogP contribution in [-0.4, -0.2) is 11.8 Å². The summed E-state index contributed by atoms with van der Waals surface area (Å²) in [5, 5.41) is 8.48. The van der Waals surface area contributed by atoms with E-state index >= 15 is 0 Å². The van der Waals surface area contributed by atoms with E-state index in [1.54, 1.807) is 23.5 Å². The molecule has 1 unspecified atom stereocenters. The Morgan fingerprint density at radius 2 is 1.86 bits per heavy atom. The molecule has 0 aliphatic carbocycles. The third kappa shape index (κ3) is 5.68. The second-order valence-electron chi connectivity index (χ2n) is 6.47. The van der Waals surface area contributed by atoms with Gasteiger partial charge in [-0.05, 0) is 49.2 Å². The SMILES string of the molecule is CC(NC(=O)CCc1cc(Cl)cs1)c1cccc(NC(=O)c2ccccc2)c1. The van der Waals surface area contributed by atoms with Crippen molar-refractivity contribution in [1.29, 1.82) is 0 Å². The van der Waals surface area contributed by atoms with Gasteiger partial charge in [0, 0.05) is 27.9 Å². The summed E-state index contributed by atoms with van der Waals surface area (Å²) in [7, 11) is 0. The van der Waals surface area contributed by atoms with Gasteiger partial charge in [0.15, 0.2) is 0 Å². The number of carbonyl (C=O) groups is 2. The largest absolute Gasteiger partial charge is 0.350 e. The zero-order valence-electron chi connectivity index (χ0n) is 15.4. The van der Waals surface area contributed by atoms with Crippen LogP contribution in [0, 0.1) is 0 Å². The van der Waals surface area contributed by atoms with E-state index in [4.69, 9.17) is 11.6 Å². The zero-order valence-corrected chi connectivity index (χ0v) is 17.0. The van der Waals surface area contributed by atoms with Crippen LogP contribution < -0.4 is 10.6 Å². The van der Waals surface area contributed by atoms with Crippen LogP contribution in [0.3, 0.4) is 0 Å². The van der Waals surface area contributed by atoms with Gasteiger partial charge in [-0.1, -0.05) is 41.9 Å². The standard InChI is InChI=1S/C22H21ClN2O2S/c1-15(24-21(26)11-10-20-13-18(23)14-28-20)17-8-5-9-19(12-17)25-22(27)16-6-3-2-4-7-16/h2-9,12-15H,10-11H2,1H3,(H,24,26)(H,25,27). The average molecular weight is 413 g/mol. The minimum atomic E-state index is -0.163. The third-order valence-corrected chi connectivity index (χ3v) is 5.62. The number of halogens is 1. The molecule has 0 spiro atoms. The molecular weight excluding hydrogens is 392 g/mol. The number of anilines is 1. The van der Waals surface area contributed by atoms with E-state index in [0.717, 1.165) is 10.4 Å². The Bertz CT molecular complexity index is 956. The first-order valence-corrected chi connectivity index (χ1v) is 10.3. The molecule has 0 bridgehead atoms. The highest BCUT2D eigenvalue weighted by Crippen LogP contribution is 2.21. The van der Waals surface area contributed by atoms with Crippen molar-refractivity contribution >= 4 is 40.4 Å². The molecule has 3 rings (SSSR count). The summed E-state index contributed by atoms with van der Waals surface area (Å²) in [5.41, 5.74) is 2.22. The van der Waals surface area contributed by atoms with Crippen molar-refractivity contribution in [2.24, 2.45) is 0 Å². The molecule has 0 aliphatic rings. The van der Waals surface area contributed by atoms with Gasteiger partial charge in [0.1, 0.15) is 0 Å². The van der Waals surface area contributed by atoms with Crippen LogP contribution in [-0.2, 0) is 11.2 Å². The van der Waals surface area contributed by atoms with E-state index in [2.05, 4.69) is 10.6 Å². The molecule has 2 N–H and O–H groups in total. The summed E-state index contributed by atoms with van der Waals surface area (Å²) in [6.45, 7) is 1.93. The van der Waals surface area contributed by atoms with Gasteiger partial charge in [0.2, 0.25) is 5.91 Å². The van der Waals surface area contributed by atoms with E-state index < -0.39 is 0 Å². The molecule has 1 atom stereocenters. The fraction of sp³-hybridized carbons (Fsp3) is 0.182. The molecule has 28 heavy (non-hydrogen) atoms. The molecule has 0 aliphatic heterocycles. The number of rotatable bonds is 7. The first-order valence-electron chi connectivity index (χ1n) is 9.00. The smallest absolute Gasteiger partial charge is 0.255 e. The van der Waals surface area contributed by atoms with Crippen molar-refractivity contribution < 1.29 is 9.59 Å². The molecular formula is C22H21ClN2O2S. The van der Waals surface area contributed by atoms with Crippen molar-refractivity contribution in [2.45, 2.75) is 25.8 Å². The van der Waals surface area contributed by atoms with E-state index in [9.17, 15) is 9.59 Å². The predicted octanol–water partition coefficient (Wildman–Crippen LogP) is 5.46. The summed E-state index contributed by atoms with van der Waals surface area (Å²) in [5.74, 6) is -0.181. The summed E-state index contributed by atoms with van der Waals surface area (Å²) in [6.07, 6.45) is 1.08. The maximum Gasteiger partial charge on any atom is 0.255 e. The lowest BCUT2D eigenvalue weighted by Gasteiger charge is -2.15. The first-order chi connectivity index (χ1) is 13.5. The fourth-order valence-corrected chi connectivity index (χ4v) is 3.87. The van der Waals surface area contributed by atoms with Crippen molar-refractivity contribution in [1.82, 2.24) is 5.32 Å². The van der Waals surface area contributed by atoms with Crippen molar-refractivity contribution in [3.8, 4) is 0 Å². The normalized spacial score (nSPS) is 11.6. The van der Waals surface area contributed by atoms with Crippen molar-refractivity contribution in [2.75, 3.05) is 5.32 Å². The number of nitrogens with one attached hydrogen (secondary N) is 2. The first kappa shape index (κ1) is 20.1. The molecule has 0 fully saturated rings. The molecule has 1 aromatic heterocycles. The van der Waals surface area contributed by atoms with E-state index in [-0.39, 0.29) is 17.9 Å². The molecule has 3 aromatic rings. The maximum atomic E-state index is 12.3. The minimum Gasteiger partial charge on any atom is -0.350 e. The monoisotopic (exact) mass is 412 g/mol. The molecule has 2 amide bonds. The molecule has 144 valence electrons. The Labute approximate surface area is 173 Å². The van der Waals surface area contributed by atoms with E-state index in [0.29, 0.717) is 29.1 Å². The summed E-state index contributed by atoms with van der Waals surface area (Å²) in [6, 6.07) is 18.3. The average Bonchev–Trinajstić information content (AvgIpc) is 3.12. The van der Waals surface area contributed by atoms with Crippen LogP contribution in [0.2, 0.25) is 5.02 Å². The third-order valence-electron chi connectivity index (χ3n) is 4.28. The quantitative estimate of drug-likeness (QED) is 0.541. The van der Waals surface area contributed by atoms with Crippen molar-refractivity contribution in [3.05, 3.63) is 87.1 Å². The lowest BCUT2D eigenvalue weighted by molar-refractivity contribution is -0.121. The number of aryl methyl sites for hydroxylation is 1. The predicted molar refractivity (Wildman–Crippen MR) is 115 cm³/mol. The Hall–Kier alpha value is -2.63. The Morgan fingerprint density at radius 3 is 2.57 bits per heavy atom. The highest BCUT2D eigenvalue weighted by molar-refractivity contribution is 7.10. The van der Waals surface area contributed by atoms with Crippen LogP contribution in [0.4, 0.5) is 5.69 Å². The summed E-state index contributed by atoms with van der Waals surface area (Å²) in [4.78, 5) is 25.6. The molecule has 0 radical (unpaired) electrons. The lowest BCUT2D eigenvalue weighted by Crippen LogP contribution is -2.26. The van der Waals surface area contributed by atoms with E-state index in [1.165, 1.54) is 0 Å². The number of amides is 2. The van der Waals surface area contributed by atoms with Gasteiger partial charge in [-0.15, -0.1) is 11.3 Å². The van der Waals surface area contributed by atoms with Gasteiger partial charge in [0.05, 0.1) is 11.1 Å². The van der Waals surface area contributed by atoms with Crippen LogP contribution in [0.5, 0.6) is 0 Å². The molecule has 4 nitrogen and oxygen atoms in total. The highest BCUT2D eigenvalue weighted by Gasteiger charge is 2.12. The molecule has 6 heteroatoms. The van der Waals surface area contributed by atoms with Gasteiger partial charge in [0.25, 0.3) is 5.91 Å². The molecule has 0 saturated heterocycles. The molecule has 2 aromatic carbocycles. The van der Waals surface area contributed by atoms with Crippen molar-refractivity contribution in [3.63, 3.8) is 0 Å². The minimum absolute atomic E-state index is 0.0178. The zero-order chi connectivity index (χ0) is 19.9. The van der Waals surface area contributed by atoms with Crippen LogP contribution in [0.15, 0.2) is 66.0 Å². The number of carbonyl (C=O) groups excluding carboxylic acids is 2. The Morgan fingerprint density at radius 1 is 1.07 bits per heavy atom. The maximum absolute atomic E-state index is 12.3. The Kier molecular flexibility index (Phi) is 6.85. The van der Waals surface area contributed by atoms with Gasteiger partial charge in [-0.2, -0.15) is 0 Å². The number of benzene rings is 2. The van der Waals surface area contributed by atoms with Gasteiger partial charge in [-0.25, -0.2) is 0 Å². The summed E-state index contributed by atoms with van der Waals surface area (Å²) >= 11 is 7.47. The van der Waals surface area contributed by atoms with Crippen LogP contribution in [0.1, 0.15) is 40.2 Å². The number of hydrogen-bond donors (Lipinski definition) is 2. The second kappa shape index (κ2) is 9.53. The van der Waals surface area contributed by atoms with Gasteiger partial charge in [-0.3, -0.25) is 9.59 Å². The fourth-order valence-electron chi connectivity index (χ4n) is 2.80. The molecule has 0 saturated carbocycles. The van der Waals surface area contributed by atoms with Gasteiger partial charge < -0.3 is 10.6 Å². The second-order valence-corrected chi connectivity index (χ2v) is 7.90. The topological polar surface area (TPSA) is 58.2 Å². The molecule has 1 heterocycles. The number of thiophene rings is 1. The van der Waals surface area contributed by atoms with Crippen LogP contribution >= 0.6 is 22.9 Å². The highest BCUT2D eigenvalue weighted by atomic mass is 35.5. The van der Waals surface area contributed by atoms with Gasteiger partial charge >= 0.3 is 0 Å². The summed E-state index contributed by atoms with van der Waals surface area (Å²) < 4.78 is 0. The Balaban J connectivity index is 1.56. The number of hydrogen-bond acceptors (Lipinski definition) is 3. The van der Waals surface area contributed by atoms with Crippen LogP contribution in [0.25, 0.3) is 0 Å². The van der Waals surface area contributed by atoms with E-state index in [1.807, 2.05) is 60.8 Å². The lowest BCUT2D eigenvalue weighted by atomic mass is 10.1.